The molecule has 2 aromatic rings. The van der Waals surface area contributed by atoms with Gasteiger partial charge in [-0.05, 0) is 43.2 Å². The van der Waals surface area contributed by atoms with Gasteiger partial charge in [0.15, 0.2) is 11.5 Å². The highest BCUT2D eigenvalue weighted by Gasteiger charge is 2.32. The lowest BCUT2D eigenvalue weighted by molar-refractivity contribution is -0.143. The zero-order valence-electron chi connectivity index (χ0n) is 17.4. The number of nitrogens with one attached hydrogen (secondary N) is 1. The molecule has 2 heterocycles. The van der Waals surface area contributed by atoms with Crippen LogP contribution in [0.3, 0.4) is 0 Å². The highest BCUT2D eigenvalue weighted by molar-refractivity contribution is 5.93. The molecule has 1 saturated heterocycles. The molecule has 7 nitrogen and oxygen atoms in total. The number of piperazine rings is 1. The minimum atomic E-state index is -0.626. The highest BCUT2D eigenvalue weighted by Crippen LogP contribution is 2.31. The average Bonchev–Trinajstić information content (AvgIpc) is 2.76. The fraction of sp³-hybridized carbons (Fsp3) is 0.391. The van der Waals surface area contributed by atoms with Gasteiger partial charge in [0, 0.05) is 31.9 Å². The summed E-state index contributed by atoms with van der Waals surface area (Å²) in [6.07, 6.45) is -0.626. The number of anilines is 1. The van der Waals surface area contributed by atoms with Crippen molar-refractivity contribution in [1.82, 2.24) is 9.80 Å². The maximum atomic E-state index is 12.8. The Balaban J connectivity index is 1.26. The lowest BCUT2D eigenvalue weighted by atomic mass is 10.1. The van der Waals surface area contributed by atoms with E-state index in [1.54, 1.807) is 11.0 Å². The van der Waals surface area contributed by atoms with Crippen molar-refractivity contribution >= 4 is 17.5 Å². The first kappa shape index (κ1) is 20.2. The number of benzene rings is 2. The molecular weight excluding hydrogens is 382 g/mol. The van der Waals surface area contributed by atoms with Crippen molar-refractivity contribution in [1.29, 1.82) is 0 Å². The quantitative estimate of drug-likeness (QED) is 0.839. The summed E-state index contributed by atoms with van der Waals surface area (Å²) in [7, 11) is 0. The molecule has 0 saturated carbocycles. The Bertz CT molecular complexity index is 938. The van der Waals surface area contributed by atoms with Crippen LogP contribution >= 0.6 is 0 Å². The summed E-state index contributed by atoms with van der Waals surface area (Å²) >= 11 is 0. The second kappa shape index (κ2) is 8.75. The van der Waals surface area contributed by atoms with Crippen molar-refractivity contribution in [3.63, 3.8) is 0 Å². The molecule has 2 aliphatic heterocycles. The third-order valence-corrected chi connectivity index (χ3v) is 5.71. The maximum Gasteiger partial charge on any atom is 0.267 e. The summed E-state index contributed by atoms with van der Waals surface area (Å²) in [5, 5.41) is 3.00. The van der Waals surface area contributed by atoms with Crippen LogP contribution in [-0.4, -0.2) is 67.0 Å². The zero-order chi connectivity index (χ0) is 21.1. The van der Waals surface area contributed by atoms with E-state index in [-0.39, 0.29) is 18.4 Å². The van der Waals surface area contributed by atoms with Gasteiger partial charge in [-0.2, -0.15) is 0 Å². The van der Waals surface area contributed by atoms with Gasteiger partial charge in [0.1, 0.15) is 6.61 Å². The van der Waals surface area contributed by atoms with E-state index in [1.165, 1.54) is 0 Å². The Morgan fingerprint density at radius 2 is 1.73 bits per heavy atom. The second-order valence-corrected chi connectivity index (χ2v) is 7.76. The first-order valence-corrected chi connectivity index (χ1v) is 10.3. The van der Waals surface area contributed by atoms with Gasteiger partial charge in [0.25, 0.3) is 5.91 Å². The molecule has 0 radical (unpaired) electrons. The van der Waals surface area contributed by atoms with Crippen LogP contribution in [-0.2, 0) is 9.59 Å². The fourth-order valence-corrected chi connectivity index (χ4v) is 3.75. The molecule has 2 amide bonds. The Labute approximate surface area is 176 Å². The van der Waals surface area contributed by atoms with E-state index in [2.05, 4.69) is 10.2 Å². The van der Waals surface area contributed by atoms with Crippen LogP contribution in [0.25, 0.3) is 0 Å². The fourth-order valence-electron chi connectivity index (χ4n) is 3.75. The summed E-state index contributed by atoms with van der Waals surface area (Å²) in [4.78, 5) is 29.1. The molecule has 1 atom stereocenters. The number of hydrogen-bond donors (Lipinski definition) is 1. The number of aryl methyl sites for hydroxylation is 1. The van der Waals surface area contributed by atoms with Gasteiger partial charge in [0.2, 0.25) is 12.0 Å². The third kappa shape index (κ3) is 4.41. The smallest absolute Gasteiger partial charge is 0.267 e. The number of amides is 2. The molecule has 2 aromatic carbocycles. The van der Waals surface area contributed by atoms with E-state index >= 15 is 0 Å². The van der Waals surface area contributed by atoms with E-state index < -0.39 is 6.10 Å². The van der Waals surface area contributed by atoms with Crippen LogP contribution in [0.2, 0.25) is 0 Å². The van der Waals surface area contributed by atoms with E-state index in [0.717, 1.165) is 16.8 Å². The van der Waals surface area contributed by atoms with Gasteiger partial charge in [-0.15, -0.1) is 0 Å². The molecular formula is C23H27N3O4. The summed E-state index contributed by atoms with van der Waals surface area (Å²) < 4.78 is 11.5. The summed E-state index contributed by atoms with van der Waals surface area (Å²) in [5.74, 6) is 1.16. The molecule has 7 heteroatoms. The number of carbonyl (C=O) groups is 2. The number of rotatable bonds is 4. The van der Waals surface area contributed by atoms with Gasteiger partial charge in [-0.3, -0.25) is 14.5 Å². The van der Waals surface area contributed by atoms with Crippen molar-refractivity contribution in [3.05, 3.63) is 53.6 Å². The first-order valence-electron chi connectivity index (χ1n) is 10.3. The predicted octanol–water partition coefficient (Wildman–Crippen LogP) is 2.23. The molecule has 0 spiro atoms. The third-order valence-electron chi connectivity index (χ3n) is 5.71. The van der Waals surface area contributed by atoms with Crippen molar-refractivity contribution in [3.8, 4) is 11.5 Å². The van der Waals surface area contributed by atoms with Crippen LogP contribution in [0.1, 0.15) is 11.1 Å². The summed E-state index contributed by atoms with van der Waals surface area (Å²) in [6.45, 7) is 6.99. The highest BCUT2D eigenvalue weighted by atomic mass is 16.6. The van der Waals surface area contributed by atoms with Crippen LogP contribution in [0.15, 0.2) is 42.5 Å². The number of carbonyl (C=O) groups excluding carboxylic acids is 2. The molecule has 4 rings (SSSR count). The minimum Gasteiger partial charge on any atom is -0.485 e. The lowest BCUT2D eigenvalue weighted by Gasteiger charge is -2.36. The first-order chi connectivity index (χ1) is 14.5. The molecule has 0 aliphatic carbocycles. The summed E-state index contributed by atoms with van der Waals surface area (Å²) in [6, 6.07) is 13.3. The molecule has 1 fully saturated rings. The Kier molecular flexibility index (Phi) is 5.90. The van der Waals surface area contributed by atoms with Gasteiger partial charge in [-0.1, -0.05) is 24.3 Å². The van der Waals surface area contributed by atoms with Crippen LogP contribution in [0.4, 0.5) is 5.69 Å². The van der Waals surface area contributed by atoms with Gasteiger partial charge < -0.3 is 19.7 Å². The van der Waals surface area contributed by atoms with Crippen molar-refractivity contribution in [2.75, 3.05) is 44.6 Å². The molecule has 2 aliphatic rings. The summed E-state index contributed by atoms with van der Waals surface area (Å²) in [5.41, 5.74) is 3.08. The standard InChI is InChI=1S/C23H27N3O4/c1-16-6-5-7-18(17(16)2)24-22(27)14-25-10-12-26(13-11-25)23(28)21-15-29-19-8-3-4-9-20(19)30-21/h3-9,21H,10-15H2,1-2H3,(H,24,27)/t21-/m1/s1. The molecule has 0 bridgehead atoms. The molecule has 0 aromatic heterocycles. The van der Waals surface area contributed by atoms with Gasteiger partial charge in [0.05, 0.1) is 6.54 Å². The molecule has 158 valence electrons. The van der Waals surface area contributed by atoms with Crippen LogP contribution in [0, 0.1) is 13.8 Å². The molecule has 30 heavy (non-hydrogen) atoms. The van der Waals surface area contributed by atoms with Crippen LogP contribution < -0.4 is 14.8 Å². The molecule has 0 unspecified atom stereocenters. The topological polar surface area (TPSA) is 71.1 Å². The Morgan fingerprint density at radius 3 is 2.50 bits per heavy atom. The maximum absolute atomic E-state index is 12.8. The van der Waals surface area contributed by atoms with E-state index in [0.29, 0.717) is 44.2 Å². The monoisotopic (exact) mass is 409 g/mol. The van der Waals surface area contributed by atoms with E-state index in [4.69, 9.17) is 9.47 Å². The van der Waals surface area contributed by atoms with E-state index in [1.807, 2.05) is 50.2 Å². The largest absolute Gasteiger partial charge is 0.485 e. The predicted molar refractivity (Wildman–Crippen MR) is 114 cm³/mol. The minimum absolute atomic E-state index is 0.0379. The Hall–Kier alpha value is -3.06. The number of nitrogens with zero attached hydrogens (tertiary/aromatic N) is 2. The molecule has 1 N–H and O–H groups in total. The van der Waals surface area contributed by atoms with Gasteiger partial charge >= 0.3 is 0 Å². The average molecular weight is 409 g/mol. The lowest BCUT2D eigenvalue weighted by Crippen LogP contribution is -2.54. The number of hydrogen-bond acceptors (Lipinski definition) is 5. The SMILES string of the molecule is Cc1cccc(NC(=O)CN2CCN(C(=O)[C@H]3COc4ccccc4O3)CC2)c1C. The Morgan fingerprint density at radius 1 is 1.00 bits per heavy atom. The van der Waals surface area contributed by atoms with Crippen LogP contribution in [0.5, 0.6) is 11.5 Å². The normalized spacial score (nSPS) is 18.7. The van der Waals surface area contributed by atoms with Crippen molar-refractivity contribution in [2.45, 2.75) is 20.0 Å². The zero-order valence-corrected chi connectivity index (χ0v) is 17.4. The van der Waals surface area contributed by atoms with Crippen molar-refractivity contribution < 1.29 is 19.1 Å². The van der Waals surface area contributed by atoms with E-state index in [9.17, 15) is 9.59 Å². The number of ether oxygens (including phenoxy) is 2. The number of para-hydroxylation sites is 2. The van der Waals surface area contributed by atoms with Crippen molar-refractivity contribution in [2.24, 2.45) is 0 Å². The van der Waals surface area contributed by atoms with Gasteiger partial charge in [-0.25, -0.2) is 0 Å². The second-order valence-electron chi connectivity index (χ2n) is 7.76. The number of fused-ring (bicyclic) bond motifs is 1.